The van der Waals surface area contributed by atoms with Crippen molar-refractivity contribution in [2.24, 2.45) is 0 Å². The quantitative estimate of drug-likeness (QED) is 0.0385. The number of unbranched alkanes of at least 4 members (excludes halogenated alkanes) is 25. The molecule has 6 heteroatoms. The van der Waals surface area contributed by atoms with Crippen molar-refractivity contribution < 1.29 is 24.2 Å². The van der Waals surface area contributed by atoms with Gasteiger partial charge in [-0.3, -0.25) is 14.4 Å². The number of carbonyl (C=O) groups excluding carboxylic acids is 2. The molecule has 0 radical (unpaired) electrons. The molecule has 0 aromatic carbocycles. The number of nitrogens with one attached hydrogen (secondary N) is 1. The van der Waals surface area contributed by atoms with Gasteiger partial charge in [0.25, 0.3) is 0 Å². The van der Waals surface area contributed by atoms with Gasteiger partial charge in [-0.25, -0.2) is 0 Å². The Hall–Kier alpha value is -1.85. The zero-order chi connectivity index (χ0) is 35.2. The number of amides is 1. The summed E-state index contributed by atoms with van der Waals surface area (Å²) in [5, 5.41) is 11.1. The Balaban J connectivity index is 3.95. The van der Waals surface area contributed by atoms with Crippen LogP contribution in [0.3, 0.4) is 0 Å². The van der Waals surface area contributed by atoms with E-state index in [0.717, 1.165) is 64.2 Å². The molecule has 1 unspecified atom stereocenters. The van der Waals surface area contributed by atoms with Crippen LogP contribution in [0.4, 0.5) is 0 Å². The Morgan fingerprint density at radius 1 is 0.521 bits per heavy atom. The molecule has 2 N–H and O–H groups in total. The minimum atomic E-state index is -1.01. The summed E-state index contributed by atoms with van der Waals surface area (Å²) >= 11 is 0. The van der Waals surface area contributed by atoms with Gasteiger partial charge in [-0.1, -0.05) is 161 Å². The van der Waals surface area contributed by atoms with E-state index < -0.39 is 5.97 Å². The first-order chi connectivity index (χ1) is 23.5. The van der Waals surface area contributed by atoms with Crippen LogP contribution in [0.5, 0.6) is 0 Å². The number of aliphatic carboxylic acids is 1. The summed E-state index contributed by atoms with van der Waals surface area (Å²) in [4.78, 5) is 34.9. The Labute approximate surface area is 297 Å². The van der Waals surface area contributed by atoms with Crippen LogP contribution in [0.2, 0.25) is 0 Å². The van der Waals surface area contributed by atoms with E-state index in [1.807, 2.05) is 0 Å². The maximum absolute atomic E-state index is 12.7. The Kier molecular flexibility index (Phi) is 36.5. The molecule has 0 bridgehead atoms. The smallest absolute Gasteiger partial charge is 0.322 e. The Bertz CT molecular complexity index is 752. The molecular formula is C42H79NO5. The Morgan fingerprint density at radius 2 is 0.896 bits per heavy atom. The first kappa shape index (κ1) is 46.1. The number of allylic oxidation sites excluding steroid dienone is 2. The number of carboxylic acid groups (broad SMARTS) is 1. The van der Waals surface area contributed by atoms with E-state index in [1.54, 1.807) is 0 Å². The highest BCUT2D eigenvalue weighted by atomic mass is 16.5. The highest BCUT2D eigenvalue weighted by molar-refractivity contribution is 5.80. The lowest BCUT2D eigenvalue weighted by Crippen LogP contribution is -2.28. The SMILES string of the molecule is CCCCCCCC/C=C\CCCCCCCCCCCC(=O)OC(CCCCCCCCC)CCCCCCCC(=O)NCC(=O)O. The number of carboxylic acids is 1. The van der Waals surface area contributed by atoms with Crippen LogP contribution in [0.1, 0.15) is 226 Å². The molecule has 6 nitrogen and oxygen atoms in total. The molecule has 48 heavy (non-hydrogen) atoms. The van der Waals surface area contributed by atoms with E-state index in [-0.39, 0.29) is 24.5 Å². The summed E-state index contributed by atoms with van der Waals surface area (Å²) in [6, 6.07) is 0. The minimum Gasteiger partial charge on any atom is -0.480 e. The summed E-state index contributed by atoms with van der Waals surface area (Å²) in [7, 11) is 0. The van der Waals surface area contributed by atoms with Gasteiger partial charge in [-0.05, 0) is 64.2 Å². The molecule has 0 aromatic rings. The van der Waals surface area contributed by atoms with Gasteiger partial charge in [-0.2, -0.15) is 0 Å². The van der Waals surface area contributed by atoms with E-state index in [2.05, 4.69) is 31.3 Å². The first-order valence-electron chi connectivity index (χ1n) is 20.8. The van der Waals surface area contributed by atoms with Crippen molar-refractivity contribution in [1.29, 1.82) is 0 Å². The predicted molar refractivity (Wildman–Crippen MR) is 203 cm³/mol. The molecule has 0 aromatic heterocycles. The molecule has 1 atom stereocenters. The van der Waals surface area contributed by atoms with Gasteiger partial charge < -0.3 is 15.2 Å². The van der Waals surface area contributed by atoms with Crippen LogP contribution >= 0.6 is 0 Å². The van der Waals surface area contributed by atoms with Crippen LogP contribution in [0.25, 0.3) is 0 Å². The molecule has 1 amide bonds. The van der Waals surface area contributed by atoms with E-state index >= 15 is 0 Å². The summed E-state index contributed by atoms with van der Waals surface area (Å²) in [5.74, 6) is -1.22. The number of esters is 1. The minimum absolute atomic E-state index is 0.0173. The van der Waals surface area contributed by atoms with Gasteiger partial charge in [0.1, 0.15) is 12.6 Å². The summed E-state index contributed by atoms with van der Waals surface area (Å²) in [6.45, 7) is 4.21. The van der Waals surface area contributed by atoms with E-state index in [9.17, 15) is 14.4 Å². The highest BCUT2D eigenvalue weighted by Gasteiger charge is 2.14. The summed E-state index contributed by atoms with van der Waals surface area (Å²) in [5.41, 5.74) is 0. The maximum Gasteiger partial charge on any atom is 0.322 e. The molecule has 0 heterocycles. The van der Waals surface area contributed by atoms with Crippen molar-refractivity contribution in [2.45, 2.75) is 232 Å². The zero-order valence-corrected chi connectivity index (χ0v) is 31.9. The normalized spacial score (nSPS) is 12.0. The molecule has 0 aliphatic rings. The van der Waals surface area contributed by atoms with Crippen molar-refractivity contribution in [2.75, 3.05) is 6.54 Å². The van der Waals surface area contributed by atoms with Gasteiger partial charge in [0.15, 0.2) is 0 Å². The molecule has 0 saturated carbocycles. The standard InChI is InChI=1S/C42H79NO5/c1-3-5-7-9-11-12-13-14-15-16-17-18-19-20-21-22-24-29-33-37-42(47)48-39(34-30-26-23-10-8-6-4-2)35-31-27-25-28-32-36-40(44)43-38-41(45)46/h14-15,39H,3-13,16-38H2,1-2H3,(H,43,44)(H,45,46)/b15-14-. The lowest BCUT2D eigenvalue weighted by atomic mass is 10.0. The van der Waals surface area contributed by atoms with Crippen molar-refractivity contribution in [3.63, 3.8) is 0 Å². The fourth-order valence-corrected chi connectivity index (χ4v) is 6.33. The summed E-state index contributed by atoms with van der Waals surface area (Å²) in [6.07, 6.45) is 43.4. The van der Waals surface area contributed by atoms with E-state index in [1.165, 1.54) is 135 Å². The monoisotopic (exact) mass is 678 g/mol. The number of hydrogen-bond acceptors (Lipinski definition) is 4. The lowest BCUT2D eigenvalue weighted by molar-refractivity contribution is -0.150. The molecule has 0 aliphatic carbocycles. The summed E-state index contributed by atoms with van der Waals surface area (Å²) < 4.78 is 5.99. The molecule has 282 valence electrons. The topological polar surface area (TPSA) is 92.7 Å². The third-order valence-electron chi connectivity index (χ3n) is 9.44. The van der Waals surface area contributed by atoms with Crippen molar-refractivity contribution in [1.82, 2.24) is 5.32 Å². The van der Waals surface area contributed by atoms with Crippen molar-refractivity contribution >= 4 is 17.8 Å². The first-order valence-corrected chi connectivity index (χ1v) is 20.8. The lowest BCUT2D eigenvalue weighted by Gasteiger charge is -2.18. The van der Waals surface area contributed by atoms with E-state index in [0.29, 0.717) is 12.8 Å². The fourth-order valence-electron chi connectivity index (χ4n) is 6.33. The number of carbonyl (C=O) groups is 3. The number of ether oxygens (including phenoxy) is 1. The third-order valence-corrected chi connectivity index (χ3v) is 9.44. The van der Waals surface area contributed by atoms with Gasteiger partial charge in [0, 0.05) is 12.8 Å². The largest absolute Gasteiger partial charge is 0.480 e. The van der Waals surface area contributed by atoms with E-state index in [4.69, 9.17) is 9.84 Å². The molecule has 0 spiro atoms. The second kappa shape index (κ2) is 38.0. The van der Waals surface area contributed by atoms with Crippen LogP contribution in [-0.2, 0) is 19.1 Å². The average molecular weight is 678 g/mol. The van der Waals surface area contributed by atoms with Crippen LogP contribution in [-0.4, -0.2) is 35.6 Å². The zero-order valence-electron chi connectivity index (χ0n) is 31.9. The highest BCUT2D eigenvalue weighted by Crippen LogP contribution is 2.19. The van der Waals surface area contributed by atoms with Gasteiger partial charge >= 0.3 is 11.9 Å². The number of hydrogen-bond donors (Lipinski definition) is 2. The van der Waals surface area contributed by atoms with Crippen LogP contribution < -0.4 is 5.32 Å². The molecule has 0 saturated heterocycles. The molecule has 0 fully saturated rings. The van der Waals surface area contributed by atoms with Crippen LogP contribution in [0, 0.1) is 0 Å². The van der Waals surface area contributed by atoms with Crippen LogP contribution in [0.15, 0.2) is 12.2 Å². The number of rotatable bonds is 38. The Morgan fingerprint density at radius 3 is 1.33 bits per heavy atom. The molecular weight excluding hydrogens is 598 g/mol. The third kappa shape index (κ3) is 37.0. The van der Waals surface area contributed by atoms with Crippen molar-refractivity contribution in [3.05, 3.63) is 12.2 Å². The van der Waals surface area contributed by atoms with Crippen molar-refractivity contribution in [3.8, 4) is 0 Å². The van der Waals surface area contributed by atoms with Gasteiger partial charge in [-0.15, -0.1) is 0 Å². The van der Waals surface area contributed by atoms with Gasteiger partial charge in [0.05, 0.1) is 0 Å². The molecule has 0 aliphatic heterocycles. The fraction of sp³-hybridized carbons (Fsp3) is 0.881. The van der Waals surface area contributed by atoms with Gasteiger partial charge in [0.2, 0.25) is 5.91 Å². The molecule has 0 rings (SSSR count). The maximum atomic E-state index is 12.7. The second-order valence-electron chi connectivity index (χ2n) is 14.2. The predicted octanol–water partition coefficient (Wildman–Crippen LogP) is 12.6. The average Bonchev–Trinajstić information content (AvgIpc) is 3.07. The second-order valence-corrected chi connectivity index (χ2v) is 14.2.